The minimum Gasteiger partial charge on any atom is -0.353 e. The van der Waals surface area contributed by atoms with Crippen LogP contribution in [0.3, 0.4) is 0 Å². The van der Waals surface area contributed by atoms with Gasteiger partial charge in [-0.2, -0.15) is 5.10 Å². The molecule has 0 bridgehead atoms. The second kappa shape index (κ2) is 8.07. The number of carbonyl (C=O) groups is 1. The smallest absolute Gasteiger partial charge is 0.274 e. The molecule has 0 unspecified atom stereocenters. The number of amides is 1. The van der Waals surface area contributed by atoms with Gasteiger partial charge in [-0.05, 0) is 31.2 Å². The highest BCUT2D eigenvalue weighted by Crippen LogP contribution is 2.31. The van der Waals surface area contributed by atoms with Crippen LogP contribution in [0.2, 0.25) is 0 Å². The summed E-state index contributed by atoms with van der Waals surface area (Å²) in [6.07, 6.45) is 0. The maximum Gasteiger partial charge on any atom is 0.274 e. The van der Waals surface area contributed by atoms with E-state index in [0.29, 0.717) is 37.4 Å². The van der Waals surface area contributed by atoms with Crippen molar-refractivity contribution in [2.45, 2.75) is 6.92 Å². The van der Waals surface area contributed by atoms with Crippen molar-refractivity contribution in [1.29, 1.82) is 0 Å². The van der Waals surface area contributed by atoms with Crippen molar-refractivity contribution >= 4 is 22.6 Å². The van der Waals surface area contributed by atoms with Gasteiger partial charge in [0.1, 0.15) is 11.6 Å². The van der Waals surface area contributed by atoms with Crippen molar-refractivity contribution in [1.82, 2.24) is 19.7 Å². The monoisotopic (exact) mass is 429 g/mol. The number of benzene rings is 2. The zero-order valence-corrected chi connectivity index (χ0v) is 18.1. The summed E-state index contributed by atoms with van der Waals surface area (Å²) in [5.74, 6) is 0.535. The molecule has 4 aromatic rings. The lowest BCUT2D eigenvalue weighted by molar-refractivity contribution is 0.0740. The Hall–Kier alpha value is -3.74. The maximum absolute atomic E-state index is 14.5. The highest BCUT2D eigenvalue weighted by Gasteiger charge is 2.25. The number of hydrogen-bond donors (Lipinski definition) is 0. The van der Waals surface area contributed by atoms with Crippen LogP contribution in [0, 0.1) is 12.7 Å². The lowest BCUT2D eigenvalue weighted by atomic mass is 10.0. The van der Waals surface area contributed by atoms with E-state index < -0.39 is 0 Å². The van der Waals surface area contributed by atoms with E-state index in [-0.39, 0.29) is 11.7 Å². The van der Waals surface area contributed by atoms with Crippen LogP contribution in [0.25, 0.3) is 22.0 Å². The second-order valence-electron chi connectivity index (χ2n) is 8.10. The van der Waals surface area contributed by atoms with E-state index in [9.17, 15) is 9.18 Å². The fourth-order valence-corrected chi connectivity index (χ4v) is 4.18. The van der Waals surface area contributed by atoms with Gasteiger partial charge in [-0.1, -0.05) is 36.4 Å². The molecule has 0 radical (unpaired) electrons. The first kappa shape index (κ1) is 20.2. The molecule has 1 amide bonds. The Labute approximate surface area is 185 Å². The molecule has 0 saturated carbocycles. The standard InChI is InChI=1S/C25H24FN5O/c1-17-16-22(28-29(17)2)25(32)31-14-12-30(13-15-31)23-11-10-18-6-5-8-20(24(18)27-23)19-7-3-4-9-21(19)26/h3-11,16H,12-15H2,1-2H3. The van der Waals surface area contributed by atoms with Crippen LogP contribution < -0.4 is 4.90 Å². The number of halogens is 1. The first-order valence-electron chi connectivity index (χ1n) is 10.7. The van der Waals surface area contributed by atoms with E-state index in [4.69, 9.17) is 4.98 Å². The molecule has 0 N–H and O–H groups in total. The molecule has 1 fully saturated rings. The number of pyridine rings is 1. The third-order valence-electron chi connectivity index (χ3n) is 6.09. The number of para-hydroxylation sites is 1. The Morgan fingerprint density at radius 2 is 1.69 bits per heavy atom. The predicted molar refractivity (Wildman–Crippen MR) is 123 cm³/mol. The number of aromatic nitrogens is 3. The normalized spacial score (nSPS) is 14.2. The van der Waals surface area contributed by atoms with Crippen LogP contribution in [-0.4, -0.2) is 51.8 Å². The summed E-state index contributed by atoms with van der Waals surface area (Å²) in [6, 6.07) is 18.4. The van der Waals surface area contributed by atoms with Crippen molar-refractivity contribution in [2.75, 3.05) is 31.1 Å². The Kier molecular flexibility index (Phi) is 5.09. The molecule has 0 spiro atoms. The molecule has 6 nitrogen and oxygen atoms in total. The van der Waals surface area contributed by atoms with Crippen LogP contribution >= 0.6 is 0 Å². The predicted octanol–water partition coefficient (Wildman–Crippen LogP) is 4.05. The summed E-state index contributed by atoms with van der Waals surface area (Å²) < 4.78 is 16.2. The third kappa shape index (κ3) is 3.60. The fraction of sp³-hybridized carbons (Fsp3) is 0.240. The van der Waals surface area contributed by atoms with Gasteiger partial charge in [0, 0.05) is 55.4 Å². The summed E-state index contributed by atoms with van der Waals surface area (Å²) >= 11 is 0. The Balaban J connectivity index is 1.38. The maximum atomic E-state index is 14.5. The van der Waals surface area contributed by atoms with Crippen LogP contribution in [0.4, 0.5) is 10.2 Å². The lowest BCUT2D eigenvalue weighted by Crippen LogP contribution is -2.49. The first-order valence-corrected chi connectivity index (χ1v) is 10.7. The molecule has 7 heteroatoms. The number of fused-ring (bicyclic) bond motifs is 1. The van der Waals surface area contributed by atoms with Crippen molar-refractivity contribution in [2.24, 2.45) is 7.05 Å². The van der Waals surface area contributed by atoms with E-state index in [1.807, 2.05) is 61.3 Å². The van der Waals surface area contributed by atoms with E-state index in [2.05, 4.69) is 10.00 Å². The SMILES string of the molecule is Cc1cc(C(=O)N2CCN(c3ccc4cccc(-c5ccccc5F)c4n3)CC2)nn1C. The topological polar surface area (TPSA) is 54.3 Å². The molecule has 2 aromatic heterocycles. The van der Waals surface area contributed by atoms with Crippen molar-refractivity contribution in [3.8, 4) is 11.1 Å². The minimum absolute atomic E-state index is 0.0401. The number of nitrogens with zero attached hydrogens (tertiary/aromatic N) is 5. The molecule has 3 heterocycles. The molecule has 1 aliphatic heterocycles. The number of aryl methyl sites for hydroxylation is 2. The van der Waals surface area contributed by atoms with Gasteiger partial charge in [0.2, 0.25) is 0 Å². The summed E-state index contributed by atoms with van der Waals surface area (Å²) in [5.41, 5.74) is 3.54. The molecule has 32 heavy (non-hydrogen) atoms. The van der Waals surface area contributed by atoms with Gasteiger partial charge in [-0.15, -0.1) is 0 Å². The fourth-order valence-electron chi connectivity index (χ4n) is 4.18. The van der Waals surface area contributed by atoms with E-state index in [1.165, 1.54) is 6.07 Å². The number of piperazine rings is 1. The van der Waals surface area contributed by atoms with Gasteiger partial charge in [0.15, 0.2) is 5.69 Å². The van der Waals surface area contributed by atoms with E-state index >= 15 is 0 Å². The van der Waals surface area contributed by atoms with Crippen molar-refractivity contribution < 1.29 is 9.18 Å². The summed E-state index contributed by atoms with van der Waals surface area (Å²) in [7, 11) is 1.84. The summed E-state index contributed by atoms with van der Waals surface area (Å²) in [6.45, 7) is 4.49. The van der Waals surface area contributed by atoms with Crippen LogP contribution in [0.15, 0.2) is 60.7 Å². The number of rotatable bonds is 3. The van der Waals surface area contributed by atoms with Crippen LogP contribution in [0.1, 0.15) is 16.2 Å². The largest absolute Gasteiger partial charge is 0.353 e. The van der Waals surface area contributed by atoms with Gasteiger partial charge in [0.25, 0.3) is 5.91 Å². The Morgan fingerprint density at radius 1 is 0.938 bits per heavy atom. The lowest BCUT2D eigenvalue weighted by Gasteiger charge is -2.35. The molecule has 2 aromatic carbocycles. The second-order valence-corrected chi connectivity index (χ2v) is 8.10. The average Bonchev–Trinajstić information content (AvgIpc) is 3.16. The number of carbonyl (C=O) groups excluding carboxylic acids is 1. The highest BCUT2D eigenvalue weighted by molar-refractivity contribution is 5.95. The highest BCUT2D eigenvalue weighted by atomic mass is 19.1. The van der Waals surface area contributed by atoms with Gasteiger partial charge in [-0.3, -0.25) is 9.48 Å². The van der Waals surface area contributed by atoms with Gasteiger partial charge < -0.3 is 9.80 Å². The molecule has 0 aliphatic carbocycles. The summed E-state index contributed by atoms with van der Waals surface area (Å²) in [4.78, 5) is 21.7. The third-order valence-corrected chi connectivity index (χ3v) is 6.09. The zero-order valence-electron chi connectivity index (χ0n) is 18.1. The van der Waals surface area contributed by atoms with Gasteiger partial charge in [-0.25, -0.2) is 9.37 Å². The number of hydrogen-bond acceptors (Lipinski definition) is 4. The van der Waals surface area contributed by atoms with Gasteiger partial charge >= 0.3 is 0 Å². The molecule has 162 valence electrons. The summed E-state index contributed by atoms with van der Waals surface area (Å²) in [5, 5.41) is 5.28. The van der Waals surface area contributed by atoms with E-state index in [1.54, 1.807) is 16.8 Å². The zero-order chi connectivity index (χ0) is 22.2. The molecular weight excluding hydrogens is 405 g/mol. The molecule has 0 atom stereocenters. The molecule has 5 rings (SSSR count). The van der Waals surface area contributed by atoms with E-state index in [0.717, 1.165) is 28.0 Å². The average molecular weight is 429 g/mol. The van der Waals surface area contributed by atoms with Crippen molar-refractivity contribution in [3.05, 3.63) is 77.9 Å². The Bertz CT molecular complexity index is 1290. The van der Waals surface area contributed by atoms with Crippen LogP contribution in [0.5, 0.6) is 0 Å². The molecule has 1 aliphatic rings. The molecule has 1 saturated heterocycles. The van der Waals surface area contributed by atoms with Crippen LogP contribution in [-0.2, 0) is 7.05 Å². The van der Waals surface area contributed by atoms with Gasteiger partial charge in [0.05, 0.1) is 5.52 Å². The van der Waals surface area contributed by atoms with Crippen molar-refractivity contribution in [3.63, 3.8) is 0 Å². The first-order chi connectivity index (χ1) is 15.5. The Morgan fingerprint density at radius 3 is 2.41 bits per heavy atom. The quantitative estimate of drug-likeness (QED) is 0.493. The number of anilines is 1. The molecular formula is C25H24FN5O. The minimum atomic E-state index is -0.260.